The summed E-state index contributed by atoms with van der Waals surface area (Å²) in [5.41, 5.74) is 7.23. The molecule has 0 bridgehead atoms. The first-order valence-corrected chi connectivity index (χ1v) is 6.47. The zero-order valence-electron chi connectivity index (χ0n) is 8.51. The fourth-order valence-electron chi connectivity index (χ4n) is 1.31. The molecule has 0 amide bonds. The number of nitriles is 1. The summed E-state index contributed by atoms with van der Waals surface area (Å²) in [6.07, 6.45) is 0. The van der Waals surface area contributed by atoms with E-state index < -0.39 is 0 Å². The van der Waals surface area contributed by atoms with E-state index >= 15 is 0 Å². The Kier molecular flexibility index (Phi) is 3.62. The molecule has 0 aliphatic carbocycles. The molecule has 0 saturated carbocycles. The fourth-order valence-corrected chi connectivity index (χ4v) is 3.10. The van der Waals surface area contributed by atoms with E-state index in [0.29, 0.717) is 12.1 Å². The topological polar surface area (TPSA) is 49.8 Å². The zero-order chi connectivity index (χ0) is 11.4. The second-order valence-corrected chi connectivity index (χ2v) is 5.47. The Hall–Kier alpha value is -1.28. The van der Waals surface area contributed by atoms with Crippen LogP contribution in [0.2, 0.25) is 0 Å². The van der Waals surface area contributed by atoms with E-state index in [1.807, 2.05) is 35.7 Å². The number of hydrogen-bond donors (Lipinski definition) is 1. The minimum atomic E-state index is 0.471. The van der Waals surface area contributed by atoms with Crippen molar-refractivity contribution in [3.8, 4) is 6.07 Å². The monoisotopic (exact) mass is 246 g/mol. The maximum atomic E-state index is 9.07. The van der Waals surface area contributed by atoms with Crippen molar-refractivity contribution in [3.63, 3.8) is 0 Å². The summed E-state index contributed by atoms with van der Waals surface area (Å²) >= 11 is 3.30. The van der Waals surface area contributed by atoms with Gasteiger partial charge in [-0.15, -0.1) is 11.3 Å². The molecule has 1 aromatic heterocycles. The Labute approximate surface area is 103 Å². The molecule has 2 aromatic rings. The summed E-state index contributed by atoms with van der Waals surface area (Å²) < 4.78 is 1.19. The van der Waals surface area contributed by atoms with Crippen LogP contribution in [0, 0.1) is 11.3 Å². The van der Waals surface area contributed by atoms with E-state index in [1.54, 1.807) is 23.1 Å². The molecule has 0 unspecified atom stereocenters. The number of nitrogens with two attached hydrogens (primary N) is 1. The Balaban J connectivity index is 2.31. The first-order chi connectivity index (χ1) is 7.83. The summed E-state index contributed by atoms with van der Waals surface area (Å²) in [4.78, 5) is 0.988. The third-order valence-corrected chi connectivity index (χ3v) is 4.22. The van der Waals surface area contributed by atoms with Gasteiger partial charge in [0.15, 0.2) is 0 Å². The van der Waals surface area contributed by atoms with Crippen molar-refractivity contribution in [2.24, 2.45) is 5.73 Å². The van der Waals surface area contributed by atoms with Crippen LogP contribution in [0.15, 0.2) is 44.8 Å². The molecule has 16 heavy (non-hydrogen) atoms. The molecule has 0 radical (unpaired) electrons. The average Bonchev–Trinajstić information content (AvgIpc) is 2.82. The molecule has 2 rings (SSSR count). The molecule has 0 aliphatic rings. The second-order valence-electron chi connectivity index (χ2n) is 3.18. The quantitative estimate of drug-likeness (QED) is 0.904. The lowest BCUT2D eigenvalue weighted by Gasteiger charge is -2.03. The number of rotatable bonds is 3. The third-order valence-electron chi connectivity index (χ3n) is 2.11. The third kappa shape index (κ3) is 2.45. The van der Waals surface area contributed by atoms with Crippen LogP contribution in [0.1, 0.15) is 11.1 Å². The van der Waals surface area contributed by atoms with E-state index in [-0.39, 0.29) is 0 Å². The van der Waals surface area contributed by atoms with Crippen molar-refractivity contribution in [1.29, 1.82) is 5.26 Å². The Morgan fingerprint density at radius 2 is 2.25 bits per heavy atom. The van der Waals surface area contributed by atoms with Gasteiger partial charge in [0.25, 0.3) is 0 Å². The van der Waals surface area contributed by atoms with E-state index in [9.17, 15) is 0 Å². The van der Waals surface area contributed by atoms with Gasteiger partial charge < -0.3 is 5.73 Å². The SMILES string of the molecule is N#Cc1cc(CN)ccc1Sc1cccs1. The summed E-state index contributed by atoms with van der Waals surface area (Å²) in [6, 6.07) is 12.1. The minimum Gasteiger partial charge on any atom is -0.326 e. The number of thiophene rings is 1. The normalized spacial score (nSPS) is 10.0. The van der Waals surface area contributed by atoms with Gasteiger partial charge in [-0.2, -0.15) is 5.26 Å². The van der Waals surface area contributed by atoms with Gasteiger partial charge in [-0.3, -0.25) is 0 Å². The lowest BCUT2D eigenvalue weighted by atomic mass is 10.1. The maximum Gasteiger partial charge on any atom is 0.100 e. The van der Waals surface area contributed by atoms with Crippen molar-refractivity contribution < 1.29 is 0 Å². The molecule has 4 heteroatoms. The Morgan fingerprint density at radius 3 is 2.88 bits per heavy atom. The lowest BCUT2D eigenvalue weighted by Crippen LogP contribution is -1.96. The zero-order valence-corrected chi connectivity index (χ0v) is 10.1. The lowest BCUT2D eigenvalue weighted by molar-refractivity contribution is 1.06. The second kappa shape index (κ2) is 5.17. The van der Waals surface area contributed by atoms with Crippen LogP contribution in [0.5, 0.6) is 0 Å². The highest BCUT2D eigenvalue weighted by Crippen LogP contribution is 2.33. The van der Waals surface area contributed by atoms with Gasteiger partial charge in [-0.1, -0.05) is 23.9 Å². The molecule has 0 aliphatic heterocycles. The van der Waals surface area contributed by atoms with Gasteiger partial charge in [-0.25, -0.2) is 0 Å². The molecule has 1 heterocycles. The van der Waals surface area contributed by atoms with Gasteiger partial charge in [0.1, 0.15) is 6.07 Å². The van der Waals surface area contributed by atoms with Gasteiger partial charge >= 0.3 is 0 Å². The first kappa shape index (κ1) is 11.2. The highest BCUT2D eigenvalue weighted by atomic mass is 32.2. The summed E-state index contributed by atoms with van der Waals surface area (Å²) in [6.45, 7) is 0.471. The van der Waals surface area contributed by atoms with Crippen molar-refractivity contribution in [1.82, 2.24) is 0 Å². The molecular weight excluding hydrogens is 236 g/mol. The molecular formula is C12H10N2S2. The fraction of sp³-hybridized carbons (Fsp3) is 0.0833. The smallest absolute Gasteiger partial charge is 0.100 e. The molecule has 2 N–H and O–H groups in total. The molecule has 80 valence electrons. The molecule has 2 nitrogen and oxygen atoms in total. The van der Waals surface area contributed by atoms with Crippen molar-refractivity contribution in [3.05, 3.63) is 46.8 Å². The molecule has 0 fully saturated rings. The van der Waals surface area contributed by atoms with Gasteiger partial charge in [-0.05, 0) is 29.1 Å². The largest absolute Gasteiger partial charge is 0.326 e. The summed E-state index contributed by atoms with van der Waals surface area (Å²) in [5, 5.41) is 11.1. The van der Waals surface area contributed by atoms with Crippen molar-refractivity contribution in [2.75, 3.05) is 0 Å². The van der Waals surface area contributed by atoms with Crippen molar-refractivity contribution >= 4 is 23.1 Å². The number of benzene rings is 1. The molecule has 1 aromatic carbocycles. The average molecular weight is 246 g/mol. The van der Waals surface area contributed by atoms with E-state index in [0.717, 1.165) is 10.5 Å². The predicted octanol–water partition coefficient (Wildman–Crippen LogP) is 3.23. The van der Waals surface area contributed by atoms with E-state index in [4.69, 9.17) is 11.0 Å². The molecule has 0 saturated heterocycles. The Morgan fingerprint density at radius 1 is 1.38 bits per heavy atom. The predicted molar refractivity (Wildman–Crippen MR) is 67.5 cm³/mol. The van der Waals surface area contributed by atoms with Crippen LogP contribution in [0.4, 0.5) is 0 Å². The van der Waals surface area contributed by atoms with Crippen LogP contribution < -0.4 is 5.73 Å². The van der Waals surface area contributed by atoms with Crippen LogP contribution >= 0.6 is 23.1 Å². The maximum absolute atomic E-state index is 9.07. The molecule has 0 spiro atoms. The number of nitrogens with zero attached hydrogens (tertiary/aromatic N) is 1. The highest BCUT2D eigenvalue weighted by Gasteiger charge is 2.05. The van der Waals surface area contributed by atoms with Crippen LogP contribution in [0.3, 0.4) is 0 Å². The summed E-state index contributed by atoms with van der Waals surface area (Å²) in [7, 11) is 0. The number of hydrogen-bond acceptors (Lipinski definition) is 4. The minimum absolute atomic E-state index is 0.471. The Bertz CT molecular complexity index is 512. The van der Waals surface area contributed by atoms with E-state index in [2.05, 4.69) is 6.07 Å². The van der Waals surface area contributed by atoms with E-state index in [1.165, 1.54) is 4.21 Å². The van der Waals surface area contributed by atoms with Gasteiger partial charge in [0.2, 0.25) is 0 Å². The highest BCUT2D eigenvalue weighted by molar-refractivity contribution is 8.01. The van der Waals surface area contributed by atoms with Crippen molar-refractivity contribution in [2.45, 2.75) is 15.6 Å². The first-order valence-electron chi connectivity index (χ1n) is 4.78. The van der Waals surface area contributed by atoms with Gasteiger partial charge in [0.05, 0.1) is 9.77 Å². The molecule has 0 atom stereocenters. The van der Waals surface area contributed by atoms with Crippen LogP contribution in [0.25, 0.3) is 0 Å². The van der Waals surface area contributed by atoms with Gasteiger partial charge in [0, 0.05) is 11.4 Å². The van der Waals surface area contributed by atoms with Crippen LogP contribution in [-0.4, -0.2) is 0 Å². The standard InChI is InChI=1S/C12H10N2S2/c13-7-9-3-4-11(10(6-9)8-14)16-12-2-1-5-15-12/h1-6H,7,13H2. The summed E-state index contributed by atoms with van der Waals surface area (Å²) in [5.74, 6) is 0. The van der Waals surface area contributed by atoms with Crippen LogP contribution in [-0.2, 0) is 6.54 Å².